The van der Waals surface area contributed by atoms with E-state index in [4.69, 9.17) is 4.74 Å². The summed E-state index contributed by atoms with van der Waals surface area (Å²) in [5, 5.41) is 0.862. The molecule has 5 rings (SSSR count). The highest BCUT2D eigenvalue weighted by molar-refractivity contribution is 5.91. The minimum atomic E-state index is -0.594. The highest BCUT2D eigenvalue weighted by Gasteiger charge is 2.15. The van der Waals surface area contributed by atoms with E-state index >= 15 is 0 Å². The molecular formula is C25H18F2N2O. The number of benzene rings is 3. The van der Waals surface area contributed by atoms with Gasteiger partial charge in [0, 0.05) is 33.9 Å². The molecular weight excluding hydrogens is 382 g/mol. The third-order valence-electron chi connectivity index (χ3n) is 5.27. The predicted molar refractivity (Wildman–Crippen MR) is 115 cm³/mol. The van der Waals surface area contributed by atoms with Crippen molar-refractivity contribution in [2.24, 2.45) is 0 Å². The summed E-state index contributed by atoms with van der Waals surface area (Å²) in [6, 6.07) is 21.5. The van der Waals surface area contributed by atoms with Crippen LogP contribution in [0.5, 0.6) is 5.75 Å². The number of aromatic nitrogens is 2. The standard InChI is InChI=1S/C25H18F2N2O/c1-30-24-14-16(21-6-3-11-28-21)7-9-18(24)15-8-10-22-17(12-15)13-23(29-22)25-19(26)4-2-5-20(25)27/h2-14,28-29H,1H3. The Labute approximate surface area is 172 Å². The number of aromatic amines is 2. The summed E-state index contributed by atoms with van der Waals surface area (Å²) in [6.45, 7) is 0. The van der Waals surface area contributed by atoms with Crippen molar-refractivity contribution in [3.8, 4) is 39.4 Å². The van der Waals surface area contributed by atoms with Crippen LogP contribution >= 0.6 is 0 Å². The highest BCUT2D eigenvalue weighted by atomic mass is 19.1. The first-order valence-electron chi connectivity index (χ1n) is 9.53. The van der Waals surface area contributed by atoms with Crippen molar-refractivity contribution >= 4 is 10.9 Å². The van der Waals surface area contributed by atoms with Crippen LogP contribution in [-0.2, 0) is 0 Å². The van der Waals surface area contributed by atoms with Gasteiger partial charge in [0.1, 0.15) is 17.4 Å². The smallest absolute Gasteiger partial charge is 0.135 e. The van der Waals surface area contributed by atoms with Crippen LogP contribution in [-0.4, -0.2) is 17.1 Å². The Bertz CT molecular complexity index is 1330. The van der Waals surface area contributed by atoms with Crippen LogP contribution in [0.2, 0.25) is 0 Å². The van der Waals surface area contributed by atoms with E-state index in [1.165, 1.54) is 18.2 Å². The fourth-order valence-corrected chi connectivity index (χ4v) is 3.80. The fourth-order valence-electron chi connectivity index (χ4n) is 3.80. The molecule has 30 heavy (non-hydrogen) atoms. The maximum atomic E-state index is 14.2. The molecule has 0 aliphatic rings. The normalized spacial score (nSPS) is 11.2. The lowest BCUT2D eigenvalue weighted by Crippen LogP contribution is -1.89. The van der Waals surface area contributed by atoms with Gasteiger partial charge in [-0.2, -0.15) is 0 Å². The Kier molecular flexibility index (Phi) is 4.36. The lowest BCUT2D eigenvalue weighted by molar-refractivity contribution is 0.416. The topological polar surface area (TPSA) is 40.8 Å². The van der Waals surface area contributed by atoms with Crippen LogP contribution < -0.4 is 4.74 Å². The number of hydrogen-bond donors (Lipinski definition) is 2. The molecule has 0 amide bonds. The van der Waals surface area contributed by atoms with E-state index in [1.54, 1.807) is 13.2 Å². The third-order valence-corrected chi connectivity index (χ3v) is 5.27. The average Bonchev–Trinajstić information content (AvgIpc) is 3.42. The van der Waals surface area contributed by atoms with Crippen molar-refractivity contribution in [3.63, 3.8) is 0 Å². The quantitative estimate of drug-likeness (QED) is 0.343. The zero-order chi connectivity index (χ0) is 20.7. The molecule has 3 aromatic carbocycles. The lowest BCUT2D eigenvalue weighted by Gasteiger charge is -2.11. The van der Waals surface area contributed by atoms with Gasteiger partial charge in [-0.25, -0.2) is 8.78 Å². The number of fused-ring (bicyclic) bond motifs is 1. The molecule has 0 bridgehead atoms. The number of ether oxygens (including phenoxy) is 1. The molecule has 5 aromatic rings. The molecule has 0 spiro atoms. The summed E-state index contributed by atoms with van der Waals surface area (Å²) in [5.74, 6) is -0.441. The van der Waals surface area contributed by atoms with Crippen molar-refractivity contribution < 1.29 is 13.5 Å². The first-order chi connectivity index (χ1) is 14.6. The lowest BCUT2D eigenvalue weighted by atomic mass is 10.00. The maximum Gasteiger partial charge on any atom is 0.135 e. The maximum absolute atomic E-state index is 14.2. The SMILES string of the molecule is COc1cc(-c2ccc[nH]2)ccc1-c1ccc2[nH]c(-c3c(F)cccc3F)cc2c1. The van der Waals surface area contributed by atoms with Crippen LogP contribution in [0.25, 0.3) is 44.5 Å². The minimum absolute atomic E-state index is 0.0527. The van der Waals surface area contributed by atoms with E-state index in [-0.39, 0.29) is 5.56 Å². The Morgan fingerprint density at radius 1 is 0.767 bits per heavy atom. The van der Waals surface area contributed by atoms with Gasteiger partial charge in [0.2, 0.25) is 0 Å². The van der Waals surface area contributed by atoms with E-state index in [0.717, 1.165) is 39.0 Å². The van der Waals surface area contributed by atoms with Crippen LogP contribution in [0.1, 0.15) is 0 Å². The van der Waals surface area contributed by atoms with Crippen molar-refractivity contribution in [2.45, 2.75) is 0 Å². The summed E-state index contributed by atoms with van der Waals surface area (Å²) < 4.78 is 34.0. The van der Waals surface area contributed by atoms with Gasteiger partial charge in [-0.3, -0.25) is 0 Å². The largest absolute Gasteiger partial charge is 0.496 e. The van der Waals surface area contributed by atoms with E-state index in [1.807, 2.05) is 54.7 Å². The summed E-state index contributed by atoms with van der Waals surface area (Å²) in [7, 11) is 1.64. The fraction of sp³-hybridized carbons (Fsp3) is 0.0400. The molecule has 2 N–H and O–H groups in total. The molecule has 3 nitrogen and oxygen atoms in total. The van der Waals surface area contributed by atoms with Gasteiger partial charge >= 0.3 is 0 Å². The molecule has 0 saturated carbocycles. The van der Waals surface area contributed by atoms with E-state index < -0.39 is 11.6 Å². The number of nitrogens with one attached hydrogen (secondary N) is 2. The summed E-state index contributed by atoms with van der Waals surface area (Å²) in [5.41, 5.74) is 5.10. The van der Waals surface area contributed by atoms with E-state index in [9.17, 15) is 8.78 Å². The number of hydrogen-bond acceptors (Lipinski definition) is 1. The Morgan fingerprint density at radius 2 is 1.57 bits per heavy atom. The molecule has 0 unspecified atom stereocenters. The summed E-state index contributed by atoms with van der Waals surface area (Å²) in [6.07, 6.45) is 1.88. The van der Waals surface area contributed by atoms with Crippen molar-refractivity contribution in [3.05, 3.63) is 90.6 Å². The minimum Gasteiger partial charge on any atom is -0.496 e. The zero-order valence-corrected chi connectivity index (χ0v) is 16.2. The average molecular weight is 400 g/mol. The van der Waals surface area contributed by atoms with Gasteiger partial charge in [0.15, 0.2) is 0 Å². The van der Waals surface area contributed by atoms with Crippen molar-refractivity contribution in [1.82, 2.24) is 9.97 Å². The van der Waals surface area contributed by atoms with Gasteiger partial charge in [0.25, 0.3) is 0 Å². The predicted octanol–water partition coefficient (Wildman–Crippen LogP) is 6.78. The second-order valence-corrected chi connectivity index (χ2v) is 7.08. The molecule has 0 aliphatic carbocycles. The monoisotopic (exact) mass is 400 g/mol. The van der Waals surface area contributed by atoms with Crippen LogP contribution in [0.15, 0.2) is 79.0 Å². The molecule has 0 aliphatic heterocycles. The molecule has 148 valence electrons. The number of halogens is 2. The van der Waals surface area contributed by atoms with Crippen molar-refractivity contribution in [2.75, 3.05) is 7.11 Å². The van der Waals surface area contributed by atoms with Crippen LogP contribution in [0.3, 0.4) is 0 Å². The van der Waals surface area contributed by atoms with Gasteiger partial charge in [0.05, 0.1) is 18.4 Å². The Balaban J connectivity index is 1.59. The molecule has 5 heteroatoms. The number of rotatable bonds is 4. The molecule has 0 atom stereocenters. The van der Waals surface area contributed by atoms with Gasteiger partial charge in [-0.1, -0.05) is 18.2 Å². The Hall–Kier alpha value is -3.86. The molecule has 0 saturated heterocycles. The number of methoxy groups -OCH3 is 1. The first-order valence-corrected chi connectivity index (χ1v) is 9.53. The highest BCUT2D eigenvalue weighted by Crippen LogP contribution is 2.36. The third kappa shape index (κ3) is 3.05. The summed E-state index contributed by atoms with van der Waals surface area (Å²) in [4.78, 5) is 6.31. The van der Waals surface area contributed by atoms with Gasteiger partial charge < -0.3 is 14.7 Å². The van der Waals surface area contributed by atoms with Crippen LogP contribution in [0, 0.1) is 11.6 Å². The second kappa shape index (κ2) is 7.19. The van der Waals surface area contributed by atoms with Crippen LogP contribution in [0.4, 0.5) is 8.78 Å². The first kappa shape index (κ1) is 18.2. The molecule has 2 aromatic heterocycles. The van der Waals surface area contributed by atoms with E-state index in [2.05, 4.69) is 9.97 Å². The Morgan fingerprint density at radius 3 is 2.30 bits per heavy atom. The number of H-pyrrole nitrogens is 2. The van der Waals surface area contributed by atoms with Gasteiger partial charge in [-0.15, -0.1) is 0 Å². The van der Waals surface area contributed by atoms with E-state index in [0.29, 0.717) is 5.69 Å². The van der Waals surface area contributed by atoms with Gasteiger partial charge in [-0.05, 0) is 60.2 Å². The van der Waals surface area contributed by atoms with Crippen molar-refractivity contribution in [1.29, 1.82) is 0 Å². The summed E-state index contributed by atoms with van der Waals surface area (Å²) >= 11 is 0. The molecule has 0 radical (unpaired) electrons. The molecule has 2 heterocycles. The zero-order valence-electron chi connectivity index (χ0n) is 16.2. The second-order valence-electron chi connectivity index (χ2n) is 7.08. The molecule has 0 fully saturated rings.